The number of furan rings is 1. The quantitative estimate of drug-likeness (QED) is 0.783. The summed E-state index contributed by atoms with van der Waals surface area (Å²) in [5, 5.41) is 9.80. The van der Waals surface area contributed by atoms with Gasteiger partial charge in [0.1, 0.15) is 23.7 Å². The van der Waals surface area contributed by atoms with Gasteiger partial charge in [0.25, 0.3) is 0 Å². The summed E-state index contributed by atoms with van der Waals surface area (Å²) in [6.45, 7) is 0.307. The zero-order chi connectivity index (χ0) is 13.9. The first-order valence-electron chi connectivity index (χ1n) is 6.16. The van der Waals surface area contributed by atoms with Crippen LogP contribution in [-0.4, -0.2) is 11.1 Å². The fraction of sp³-hybridized carbons (Fsp3) is 0.0625. The maximum absolute atomic E-state index is 10.9. The van der Waals surface area contributed by atoms with Crippen LogP contribution in [0.4, 0.5) is 0 Å². The Morgan fingerprint density at radius 2 is 1.90 bits per heavy atom. The standard InChI is InChI=1S/C16H12O4/c17-16(18)12-7-6-11-8-14(20-15(11)9-12)10-19-13-4-2-1-3-5-13/h1-9H,10H2,(H,17,18). The van der Waals surface area contributed by atoms with E-state index in [2.05, 4.69) is 0 Å². The molecule has 0 fully saturated rings. The smallest absolute Gasteiger partial charge is 0.335 e. The molecule has 1 heterocycles. The van der Waals surface area contributed by atoms with Gasteiger partial charge in [0.05, 0.1) is 5.56 Å². The van der Waals surface area contributed by atoms with Crippen LogP contribution in [0.5, 0.6) is 5.75 Å². The molecule has 2 aromatic carbocycles. The van der Waals surface area contributed by atoms with E-state index in [1.165, 1.54) is 6.07 Å². The Kier molecular flexibility index (Phi) is 3.13. The molecule has 1 aromatic heterocycles. The molecule has 3 rings (SSSR count). The third-order valence-electron chi connectivity index (χ3n) is 2.94. The van der Waals surface area contributed by atoms with Crippen molar-refractivity contribution in [3.05, 3.63) is 65.9 Å². The summed E-state index contributed by atoms with van der Waals surface area (Å²) in [7, 11) is 0. The molecule has 0 spiro atoms. The number of aromatic carboxylic acids is 1. The normalized spacial score (nSPS) is 10.6. The zero-order valence-corrected chi connectivity index (χ0v) is 10.6. The Hall–Kier alpha value is -2.75. The van der Waals surface area contributed by atoms with Crippen molar-refractivity contribution in [2.24, 2.45) is 0 Å². The molecular weight excluding hydrogens is 256 g/mol. The van der Waals surface area contributed by atoms with E-state index in [-0.39, 0.29) is 5.56 Å². The highest BCUT2D eigenvalue weighted by atomic mass is 16.5. The van der Waals surface area contributed by atoms with Gasteiger partial charge in [0.15, 0.2) is 0 Å². The second-order valence-corrected chi connectivity index (χ2v) is 4.37. The van der Waals surface area contributed by atoms with Gasteiger partial charge in [-0.15, -0.1) is 0 Å². The summed E-state index contributed by atoms with van der Waals surface area (Å²) < 4.78 is 11.2. The van der Waals surface area contributed by atoms with Crippen molar-refractivity contribution in [2.45, 2.75) is 6.61 Å². The van der Waals surface area contributed by atoms with Crippen LogP contribution in [0.3, 0.4) is 0 Å². The van der Waals surface area contributed by atoms with Crippen molar-refractivity contribution in [2.75, 3.05) is 0 Å². The van der Waals surface area contributed by atoms with Crippen molar-refractivity contribution in [1.82, 2.24) is 0 Å². The average molecular weight is 268 g/mol. The number of fused-ring (bicyclic) bond motifs is 1. The molecule has 0 amide bonds. The lowest BCUT2D eigenvalue weighted by atomic mass is 10.2. The highest BCUT2D eigenvalue weighted by Crippen LogP contribution is 2.22. The van der Waals surface area contributed by atoms with Crippen LogP contribution >= 0.6 is 0 Å². The first kappa shape index (κ1) is 12.3. The summed E-state index contributed by atoms with van der Waals surface area (Å²) in [5.41, 5.74) is 0.763. The molecule has 3 aromatic rings. The molecular formula is C16H12O4. The molecule has 0 saturated carbocycles. The maximum atomic E-state index is 10.9. The molecule has 4 nitrogen and oxygen atoms in total. The Balaban J connectivity index is 1.80. The number of rotatable bonds is 4. The predicted octanol–water partition coefficient (Wildman–Crippen LogP) is 3.71. The first-order valence-corrected chi connectivity index (χ1v) is 6.16. The van der Waals surface area contributed by atoms with E-state index in [9.17, 15) is 4.79 Å². The Bertz CT molecular complexity index is 744. The van der Waals surface area contributed by atoms with Crippen LogP contribution in [0.15, 0.2) is 59.0 Å². The van der Waals surface area contributed by atoms with E-state index < -0.39 is 5.97 Å². The first-order chi connectivity index (χ1) is 9.72. The van der Waals surface area contributed by atoms with Crippen LogP contribution < -0.4 is 4.74 Å². The molecule has 100 valence electrons. The fourth-order valence-corrected chi connectivity index (χ4v) is 1.96. The topological polar surface area (TPSA) is 59.7 Å². The number of hydrogen-bond acceptors (Lipinski definition) is 3. The summed E-state index contributed by atoms with van der Waals surface area (Å²) in [6, 6.07) is 16.1. The molecule has 1 N–H and O–H groups in total. The largest absolute Gasteiger partial charge is 0.486 e. The molecule has 0 saturated heterocycles. The Labute approximate surface area is 115 Å². The monoisotopic (exact) mass is 268 g/mol. The van der Waals surface area contributed by atoms with Gasteiger partial charge in [-0.05, 0) is 30.3 Å². The summed E-state index contributed by atoms with van der Waals surface area (Å²) in [6.07, 6.45) is 0. The number of carboxylic acids is 1. The van der Waals surface area contributed by atoms with Crippen LogP contribution in [0.25, 0.3) is 11.0 Å². The van der Waals surface area contributed by atoms with E-state index in [0.717, 1.165) is 11.1 Å². The molecule has 0 bridgehead atoms. The Morgan fingerprint density at radius 1 is 1.10 bits per heavy atom. The van der Waals surface area contributed by atoms with Gasteiger partial charge >= 0.3 is 5.97 Å². The molecule has 0 unspecified atom stereocenters. The molecule has 0 radical (unpaired) electrons. The van der Waals surface area contributed by atoms with Crippen molar-refractivity contribution < 1.29 is 19.1 Å². The SMILES string of the molecule is O=C(O)c1ccc2cc(COc3ccccc3)oc2c1. The third kappa shape index (κ3) is 2.49. The lowest BCUT2D eigenvalue weighted by molar-refractivity contribution is 0.0697. The van der Waals surface area contributed by atoms with Gasteiger partial charge in [0.2, 0.25) is 0 Å². The lowest BCUT2D eigenvalue weighted by Crippen LogP contribution is -1.94. The van der Waals surface area contributed by atoms with Crippen molar-refractivity contribution >= 4 is 16.9 Å². The number of benzene rings is 2. The number of carbonyl (C=O) groups is 1. The van der Waals surface area contributed by atoms with Gasteiger partial charge in [-0.25, -0.2) is 4.79 Å². The van der Waals surface area contributed by atoms with Gasteiger partial charge in [-0.3, -0.25) is 0 Å². The van der Waals surface area contributed by atoms with Crippen molar-refractivity contribution in [1.29, 1.82) is 0 Å². The van der Waals surface area contributed by atoms with Crippen molar-refractivity contribution in [3.8, 4) is 5.75 Å². The van der Waals surface area contributed by atoms with E-state index in [1.807, 2.05) is 36.4 Å². The minimum atomic E-state index is -0.967. The van der Waals surface area contributed by atoms with E-state index >= 15 is 0 Å². The lowest BCUT2D eigenvalue weighted by Gasteiger charge is -2.02. The van der Waals surface area contributed by atoms with Crippen LogP contribution in [0.2, 0.25) is 0 Å². The second kappa shape index (κ2) is 5.09. The van der Waals surface area contributed by atoms with E-state index in [1.54, 1.807) is 12.1 Å². The van der Waals surface area contributed by atoms with Gasteiger partial charge in [0, 0.05) is 5.39 Å². The maximum Gasteiger partial charge on any atom is 0.335 e. The van der Waals surface area contributed by atoms with Crippen LogP contribution in [-0.2, 0) is 6.61 Å². The minimum Gasteiger partial charge on any atom is -0.486 e. The van der Waals surface area contributed by atoms with Crippen molar-refractivity contribution in [3.63, 3.8) is 0 Å². The summed E-state index contributed by atoms with van der Waals surface area (Å²) in [5.74, 6) is 0.455. The second-order valence-electron chi connectivity index (χ2n) is 4.37. The average Bonchev–Trinajstić information content (AvgIpc) is 2.88. The van der Waals surface area contributed by atoms with Gasteiger partial charge in [-0.2, -0.15) is 0 Å². The molecule has 0 aliphatic carbocycles. The minimum absolute atomic E-state index is 0.211. The molecule has 0 aliphatic heterocycles. The fourth-order valence-electron chi connectivity index (χ4n) is 1.96. The predicted molar refractivity (Wildman–Crippen MR) is 73.9 cm³/mol. The summed E-state index contributed by atoms with van der Waals surface area (Å²) in [4.78, 5) is 10.9. The molecule has 20 heavy (non-hydrogen) atoms. The number of hydrogen-bond donors (Lipinski definition) is 1. The molecule has 0 aliphatic rings. The van der Waals surface area contributed by atoms with Crippen LogP contribution in [0, 0.1) is 0 Å². The summed E-state index contributed by atoms with van der Waals surface area (Å²) >= 11 is 0. The molecule has 4 heteroatoms. The number of carboxylic acid groups (broad SMARTS) is 1. The zero-order valence-electron chi connectivity index (χ0n) is 10.6. The highest BCUT2D eigenvalue weighted by molar-refractivity contribution is 5.92. The van der Waals surface area contributed by atoms with E-state index in [4.69, 9.17) is 14.3 Å². The van der Waals surface area contributed by atoms with E-state index in [0.29, 0.717) is 18.0 Å². The van der Waals surface area contributed by atoms with Gasteiger partial charge in [-0.1, -0.05) is 24.3 Å². The number of para-hydroxylation sites is 1. The number of ether oxygens (including phenoxy) is 1. The molecule has 0 atom stereocenters. The van der Waals surface area contributed by atoms with Crippen LogP contribution in [0.1, 0.15) is 16.1 Å². The van der Waals surface area contributed by atoms with Gasteiger partial charge < -0.3 is 14.3 Å². The Morgan fingerprint density at radius 3 is 2.65 bits per heavy atom. The highest BCUT2D eigenvalue weighted by Gasteiger charge is 2.08. The third-order valence-corrected chi connectivity index (χ3v) is 2.94.